The van der Waals surface area contributed by atoms with E-state index in [2.05, 4.69) is 15.9 Å². The van der Waals surface area contributed by atoms with Crippen molar-refractivity contribution < 1.29 is 33.9 Å². The second-order valence-electron chi connectivity index (χ2n) is 10.3. The standard InChI is InChI=1S/C15H15BrN2O5S.C8H12N2O3S/c1-15(2)11(17-12(19)10(16)13(17)24-15)14(20)23-7-8-3-5-9(6-4-8)18(21)22;1-8(2)4(7(12)13)10-5(11)3(9)6(10)14-8/h3-6,10-11,13H,7H2,1-2H3;3-4,6H,9H2,1-2H3,(H,12,13)/t10?,11-,13+;3?,4-,6+/m00/s1. The van der Waals surface area contributed by atoms with Crippen molar-refractivity contribution in [1.29, 1.82) is 0 Å². The average molecular weight is 632 g/mol. The summed E-state index contributed by atoms with van der Waals surface area (Å²) in [6.45, 7) is 7.50. The van der Waals surface area contributed by atoms with Gasteiger partial charge in [0.15, 0.2) is 0 Å². The highest BCUT2D eigenvalue weighted by atomic mass is 79.9. The van der Waals surface area contributed by atoms with Crippen molar-refractivity contribution in [3.05, 3.63) is 39.9 Å². The van der Waals surface area contributed by atoms with Crippen LogP contribution in [0.1, 0.15) is 33.3 Å². The number of benzene rings is 1. The molecule has 15 heteroatoms. The minimum absolute atomic E-state index is 0.0124. The average Bonchev–Trinajstić information content (AvgIpc) is 3.28. The number of amides is 2. The van der Waals surface area contributed by atoms with E-state index in [1.54, 1.807) is 28.8 Å². The highest BCUT2D eigenvalue weighted by Gasteiger charge is 2.64. The van der Waals surface area contributed by atoms with Gasteiger partial charge < -0.3 is 25.4 Å². The molecule has 0 radical (unpaired) electrons. The first-order valence-corrected chi connectivity index (χ1v) is 14.3. The van der Waals surface area contributed by atoms with Gasteiger partial charge in [-0.1, -0.05) is 15.9 Å². The fourth-order valence-corrected chi connectivity index (χ4v) is 8.86. The molecule has 4 saturated heterocycles. The predicted molar refractivity (Wildman–Crippen MR) is 143 cm³/mol. The second kappa shape index (κ2) is 9.99. The lowest BCUT2D eigenvalue weighted by atomic mass is 9.96. The Bertz CT molecular complexity index is 1200. The van der Waals surface area contributed by atoms with Crippen molar-refractivity contribution in [2.45, 2.75) is 77.5 Å². The number of fused-ring (bicyclic) bond motifs is 2. The third-order valence-electron chi connectivity index (χ3n) is 6.84. The fourth-order valence-electron chi connectivity index (χ4n) is 4.94. The lowest BCUT2D eigenvalue weighted by Crippen LogP contribution is -2.68. The Morgan fingerprint density at radius 3 is 2.13 bits per heavy atom. The molecule has 3 N–H and O–H groups in total. The Morgan fingerprint density at radius 1 is 1.05 bits per heavy atom. The van der Waals surface area contributed by atoms with E-state index < -0.39 is 44.5 Å². The van der Waals surface area contributed by atoms with Gasteiger partial charge in [0, 0.05) is 21.6 Å². The molecule has 4 heterocycles. The molecule has 0 bridgehead atoms. The number of nitrogens with two attached hydrogens (primary N) is 1. The number of alkyl halides is 1. The molecule has 1 aromatic carbocycles. The van der Waals surface area contributed by atoms with Crippen LogP contribution in [0.25, 0.3) is 0 Å². The number of aliphatic carboxylic acids is 1. The van der Waals surface area contributed by atoms with Crippen LogP contribution in [0.4, 0.5) is 5.69 Å². The topological polar surface area (TPSA) is 173 Å². The SMILES string of the molecule is CC1(C)S[C@@H]2C(Br)C(=O)N2[C@H]1C(=O)OCc1ccc([N+](=O)[O-])cc1.CC1(C)S[C@@H]2C(N)C(=O)N2[C@H]1C(=O)O. The molecule has 0 spiro atoms. The zero-order valence-corrected chi connectivity index (χ0v) is 24.1. The Balaban J connectivity index is 0.000000204. The van der Waals surface area contributed by atoms with Crippen molar-refractivity contribution in [3.63, 3.8) is 0 Å². The maximum Gasteiger partial charge on any atom is 0.330 e. The smallest absolute Gasteiger partial charge is 0.330 e. The van der Waals surface area contributed by atoms with Crippen LogP contribution in [0.3, 0.4) is 0 Å². The third-order valence-corrected chi connectivity index (χ3v) is 11.3. The normalized spacial score (nSPS) is 31.7. The highest BCUT2D eigenvalue weighted by Crippen LogP contribution is 2.53. The summed E-state index contributed by atoms with van der Waals surface area (Å²) in [6.07, 6.45) is 0. The number of carbonyl (C=O) groups excluding carboxylic acids is 3. The molecule has 0 saturated carbocycles. The predicted octanol–water partition coefficient (Wildman–Crippen LogP) is 1.92. The van der Waals surface area contributed by atoms with Crippen LogP contribution in [0.5, 0.6) is 0 Å². The minimum atomic E-state index is -0.953. The summed E-state index contributed by atoms with van der Waals surface area (Å²) in [6, 6.07) is 3.92. The number of rotatable bonds is 5. The summed E-state index contributed by atoms with van der Waals surface area (Å²) in [5.41, 5.74) is 6.22. The molecule has 4 fully saturated rings. The third kappa shape index (κ3) is 4.77. The summed E-state index contributed by atoms with van der Waals surface area (Å²) in [5.74, 6) is -1.76. The Labute approximate surface area is 235 Å². The molecular weight excluding hydrogens is 604 g/mol. The molecule has 0 aromatic heterocycles. The van der Waals surface area contributed by atoms with E-state index in [0.717, 1.165) is 0 Å². The molecule has 4 aliphatic heterocycles. The number of ether oxygens (including phenoxy) is 1. The van der Waals surface area contributed by atoms with Gasteiger partial charge in [-0.3, -0.25) is 19.7 Å². The van der Waals surface area contributed by atoms with Crippen molar-refractivity contribution in [2.24, 2.45) is 5.73 Å². The molecule has 0 aliphatic carbocycles. The molecular formula is C23H27BrN4O8S2. The van der Waals surface area contributed by atoms with Crippen molar-refractivity contribution in [1.82, 2.24) is 9.80 Å². The number of non-ortho nitro benzene ring substituents is 1. The second-order valence-corrected chi connectivity index (χ2v) is 14.8. The number of nitro groups is 1. The first-order valence-electron chi connectivity index (χ1n) is 11.6. The van der Waals surface area contributed by atoms with E-state index >= 15 is 0 Å². The number of carboxylic acid groups (broad SMARTS) is 1. The first-order chi connectivity index (χ1) is 17.6. The zero-order valence-electron chi connectivity index (χ0n) is 20.9. The number of hydrogen-bond acceptors (Lipinski definition) is 10. The van der Waals surface area contributed by atoms with Gasteiger partial charge in [0.05, 0.1) is 4.92 Å². The van der Waals surface area contributed by atoms with Crippen LogP contribution in [0.15, 0.2) is 24.3 Å². The minimum Gasteiger partial charge on any atom is -0.480 e. The van der Waals surface area contributed by atoms with Crippen LogP contribution in [0.2, 0.25) is 0 Å². The molecule has 6 atom stereocenters. The number of nitro benzene ring substituents is 1. The number of halogens is 1. The van der Waals surface area contributed by atoms with Gasteiger partial charge in [0.2, 0.25) is 11.8 Å². The van der Waals surface area contributed by atoms with Crippen LogP contribution >= 0.6 is 39.5 Å². The van der Waals surface area contributed by atoms with Crippen LogP contribution in [-0.2, 0) is 30.5 Å². The van der Waals surface area contributed by atoms with Gasteiger partial charge in [-0.25, -0.2) is 9.59 Å². The maximum atomic E-state index is 12.5. The van der Waals surface area contributed by atoms with E-state index in [0.29, 0.717) is 5.56 Å². The van der Waals surface area contributed by atoms with Gasteiger partial charge in [0.25, 0.3) is 5.69 Å². The van der Waals surface area contributed by atoms with Gasteiger partial charge in [-0.2, -0.15) is 0 Å². The number of esters is 1. The summed E-state index contributed by atoms with van der Waals surface area (Å²) < 4.78 is 4.46. The van der Waals surface area contributed by atoms with Crippen molar-refractivity contribution >= 4 is 68.9 Å². The number of carbonyl (C=O) groups is 4. The van der Waals surface area contributed by atoms with Crippen molar-refractivity contribution in [3.8, 4) is 0 Å². The Hall–Kier alpha value is -2.36. The van der Waals surface area contributed by atoms with Crippen LogP contribution in [-0.4, -0.2) is 86.8 Å². The monoisotopic (exact) mass is 630 g/mol. The van der Waals surface area contributed by atoms with E-state index in [9.17, 15) is 29.3 Å². The van der Waals surface area contributed by atoms with E-state index in [1.807, 2.05) is 27.7 Å². The number of β-lactam (4-membered cyclic amide) rings is 2. The maximum absolute atomic E-state index is 12.5. The van der Waals surface area contributed by atoms with Crippen LogP contribution in [0, 0.1) is 10.1 Å². The van der Waals surface area contributed by atoms with Gasteiger partial charge in [-0.05, 0) is 45.4 Å². The number of nitrogens with zero attached hydrogens (tertiary/aromatic N) is 3. The van der Waals surface area contributed by atoms with Gasteiger partial charge in [0.1, 0.15) is 40.3 Å². The zero-order chi connectivity index (χ0) is 28.3. The quantitative estimate of drug-likeness (QED) is 0.160. The molecule has 5 rings (SSSR count). The molecule has 2 amide bonds. The van der Waals surface area contributed by atoms with Crippen molar-refractivity contribution in [2.75, 3.05) is 0 Å². The summed E-state index contributed by atoms with van der Waals surface area (Å²) >= 11 is 6.38. The van der Waals surface area contributed by atoms with Crippen LogP contribution < -0.4 is 5.73 Å². The highest BCUT2D eigenvalue weighted by molar-refractivity contribution is 9.10. The summed E-state index contributed by atoms with van der Waals surface area (Å²) in [7, 11) is 0. The Morgan fingerprint density at radius 2 is 1.58 bits per heavy atom. The number of hydrogen-bond donors (Lipinski definition) is 2. The first kappa shape index (κ1) is 28.6. The molecule has 2 unspecified atom stereocenters. The summed E-state index contributed by atoms with van der Waals surface area (Å²) in [4.78, 5) is 59.7. The van der Waals surface area contributed by atoms with E-state index in [-0.39, 0.29) is 39.7 Å². The number of thioether (sulfide) groups is 2. The van der Waals surface area contributed by atoms with Gasteiger partial charge >= 0.3 is 11.9 Å². The molecule has 12 nitrogen and oxygen atoms in total. The van der Waals surface area contributed by atoms with Gasteiger partial charge in [-0.15, -0.1) is 23.5 Å². The Kier molecular flexibility index (Phi) is 7.53. The molecule has 1 aromatic rings. The number of carboxylic acids is 1. The molecule has 206 valence electrons. The largest absolute Gasteiger partial charge is 0.480 e. The van der Waals surface area contributed by atoms with E-state index in [1.165, 1.54) is 28.8 Å². The van der Waals surface area contributed by atoms with E-state index in [4.69, 9.17) is 15.6 Å². The lowest BCUT2D eigenvalue weighted by molar-refractivity contribution is -0.384. The molecule has 38 heavy (non-hydrogen) atoms. The molecule has 4 aliphatic rings. The lowest BCUT2D eigenvalue weighted by Gasteiger charge is -2.41. The fraction of sp³-hybridized carbons (Fsp3) is 0.565. The summed E-state index contributed by atoms with van der Waals surface area (Å²) in [5, 5.41) is 19.5.